The van der Waals surface area contributed by atoms with Crippen LogP contribution in [0.1, 0.15) is 23.9 Å². The van der Waals surface area contributed by atoms with Gasteiger partial charge in [0.2, 0.25) is 0 Å². The third-order valence-electron chi connectivity index (χ3n) is 4.18. The highest BCUT2D eigenvalue weighted by atomic mass is 32.1. The molecule has 1 fully saturated rings. The molecule has 0 aromatic carbocycles. The number of aromatic nitrogens is 1. The van der Waals surface area contributed by atoms with Crippen molar-refractivity contribution in [2.45, 2.75) is 32.9 Å². The summed E-state index contributed by atoms with van der Waals surface area (Å²) >= 11 is 1.77. The quantitative estimate of drug-likeness (QED) is 0.772. The third kappa shape index (κ3) is 4.25. The van der Waals surface area contributed by atoms with Crippen LogP contribution < -0.4 is 0 Å². The van der Waals surface area contributed by atoms with Crippen LogP contribution in [0.25, 0.3) is 0 Å². The monoisotopic (exact) mass is 297 g/mol. The van der Waals surface area contributed by atoms with E-state index in [-0.39, 0.29) is 0 Å². The van der Waals surface area contributed by atoms with E-state index in [4.69, 9.17) is 4.74 Å². The lowest BCUT2D eigenvalue weighted by atomic mass is 10.1. The predicted octanol–water partition coefficient (Wildman–Crippen LogP) is 2.24. The number of rotatable bonds is 7. The maximum atomic E-state index is 5.26. The predicted molar refractivity (Wildman–Crippen MR) is 84.2 cm³/mol. The van der Waals surface area contributed by atoms with Crippen LogP contribution in [0.2, 0.25) is 0 Å². The fourth-order valence-corrected chi connectivity index (χ4v) is 3.84. The lowest BCUT2D eigenvalue weighted by Gasteiger charge is -2.25. The molecule has 2 heterocycles. The van der Waals surface area contributed by atoms with Gasteiger partial charge in [0.15, 0.2) is 0 Å². The van der Waals surface area contributed by atoms with E-state index in [1.807, 2.05) is 5.51 Å². The van der Waals surface area contributed by atoms with E-state index in [9.17, 15) is 0 Å². The van der Waals surface area contributed by atoms with Crippen LogP contribution in [0.5, 0.6) is 0 Å². The van der Waals surface area contributed by atoms with Crippen LogP contribution in [0.15, 0.2) is 5.51 Å². The van der Waals surface area contributed by atoms with Crippen molar-refractivity contribution in [1.82, 2.24) is 14.8 Å². The van der Waals surface area contributed by atoms with Gasteiger partial charge in [-0.3, -0.25) is 4.90 Å². The van der Waals surface area contributed by atoms with E-state index in [1.54, 1.807) is 18.4 Å². The number of thiazole rings is 1. The molecular weight excluding hydrogens is 270 g/mol. The molecule has 0 amide bonds. The number of hydrogen-bond donors (Lipinski definition) is 0. The molecule has 1 aliphatic heterocycles. The number of nitrogens with zero attached hydrogens (tertiary/aromatic N) is 3. The maximum absolute atomic E-state index is 5.26. The van der Waals surface area contributed by atoms with Crippen molar-refractivity contribution in [1.29, 1.82) is 0 Å². The summed E-state index contributed by atoms with van der Waals surface area (Å²) in [4.78, 5) is 10.7. The largest absolute Gasteiger partial charge is 0.383 e. The summed E-state index contributed by atoms with van der Waals surface area (Å²) in [6.45, 7) is 9.82. The van der Waals surface area contributed by atoms with Gasteiger partial charge in [-0.25, -0.2) is 4.98 Å². The molecule has 4 nitrogen and oxygen atoms in total. The molecule has 1 aromatic heterocycles. The topological polar surface area (TPSA) is 28.6 Å². The first-order valence-corrected chi connectivity index (χ1v) is 8.28. The molecule has 2 rings (SSSR count). The number of aryl methyl sites for hydroxylation is 1. The normalized spacial score (nSPS) is 21.8. The highest BCUT2D eigenvalue weighted by molar-refractivity contribution is 7.09. The fraction of sp³-hybridized carbons (Fsp3) is 0.800. The Labute approximate surface area is 126 Å². The number of hydrogen-bond acceptors (Lipinski definition) is 5. The summed E-state index contributed by atoms with van der Waals surface area (Å²) in [6.07, 6.45) is 1.31. The van der Waals surface area contributed by atoms with Crippen molar-refractivity contribution in [2.24, 2.45) is 5.92 Å². The smallest absolute Gasteiger partial charge is 0.0798 e. The minimum atomic E-state index is 0.541. The Kier molecular flexibility index (Phi) is 5.96. The first-order chi connectivity index (χ1) is 9.60. The van der Waals surface area contributed by atoms with E-state index in [0.717, 1.165) is 19.1 Å². The Morgan fingerprint density at radius 3 is 3.05 bits per heavy atom. The Bertz CT molecular complexity index is 410. The average molecular weight is 297 g/mol. The number of methoxy groups -OCH3 is 1. The van der Waals surface area contributed by atoms with Crippen molar-refractivity contribution in [3.63, 3.8) is 0 Å². The minimum Gasteiger partial charge on any atom is -0.383 e. The van der Waals surface area contributed by atoms with Crippen molar-refractivity contribution >= 4 is 11.3 Å². The van der Waals surface area contributed by atoms with Gasteiger partial charge >= 0.3 is 0 Å². The maximum Gasteiger partial charge on any atom is 0.0798 e. The van der Waals surface area contributed by atoms with Gasteiger partial charge < -0.3 is 9.64 Å². The Morgan fingerprint density at radius 1 is 1.60 bits per heavy atom. The standard InChI is InChI=1S/C15H27N3OS/c1-12(10-19-4)18-6-5-14(8-18)7-17(3)9-15-13(2)16-11-20-15/h11-12,14H,5-10H2,1-4H3/t12-,14+/m1/s1. The molecule has 0 saturated carbocycles. The van der Waals surface area contributed by atoms with Crippen LogP contribution in [0, 0.1) is 12.8 Å². The second kappa shape index (κ2) is 7.50. The van der Waals surface area contributed by atoms with Crippen LogP contribution in [0.3, 0.4) is 0 Å². The van der Waals surface area contributed by atoms with Crippen molar-refractivity contribution in [3.05, 3.63) is 16.1 Å². The molecule has 0 radical (unpaired) electrons. The molecule has 20 heavy (non-hydrogen) atoms. The van der Waals surface area contributed by atoms with E-state index in [1.165, 1.54) is 36.6 Å². The van der Waals surface area contributed by atoms with Gasteiger partial charge in [-0.05, 0) is 39.8 Å². The second-order valence-corrected chi connectivity index (χ2v) is 6.95. The lowest BCUT2D eigenvalue weighted by Crippen LogP contribution is -2.35. The molecular formula is C15H27N3OS. The molecule has 1 aromatic rings. The van der Waals surface area contributed by atoms with Gasteiger partial charge in [0.05, 0.1) is 17.8 Å². The first-order valence-electron chi connectivity index (χ1n) is 7.40. The zero-order valence-electron chi connectivity index (χ0n) is 13.1. The molecule has 0 bridgehead atoms. The van der Waals surface area contributed by atoms with Crippen molar-refractivity contribution in [3.8, 4) is 0 Å². The van der Waals surface area contributed by atoms with Gasteiger partial charge in [-0.2, -0.15) is 0 Å². The molecule has 0 unspecified atom stereocenters. The molecule has 0 aliphatic carbocycles. The van der Waals surface area contributed by atoms with Crippen LogP contribution in [0.4, 0.5) is 0 Å². The van der Waals surface area contributed by atoms with Crippen LogP contribution in [-0.4, -0.2) is 61.2 Å². The van der Waals surface area contributed by atoms with Gasteiger partial charge in [0.25, 0.3) is 0 Å². The second-order valence-electron chi connectivity index (χ2n) is 6.01. The average Bonchev–Trinajstić information content (AvgIpc) is 3.00. The Balaban J connectivity index is 1.76. The zero-order valence-corrected chi connectivity index (χ0v) is 13.9. The number of likely N-dealkylation sites (tertiary alicyclic amines) is 1. The van der Waals surface area contributed by atoms with Crippen LogP contribution in [-0.2, 0) is 11.3 Å². The van der Waals surface area contributed by atoms with Gasteiger partial charge in [-0.1, -0.05) is 0 Å². The van der Waals surface area contributed by atoms with Crippen molar-refractivity contribution < 1.29 is 4.74 Å². The van der Waals surface area contributed by atoms with E-state index >= 15 is 0 Å². The highest BCUT2D eigenvalue weighted by Gasteiger charge is 2.26. The van der Waals surface area contributed by atoms with Gasteiger partial charge in [0.1, 0.15) is 0 Å². The SMILES string of the molecule is COC[C@@H](C)N1CC[C@@H](CN(C)Cc2scnc2C)C1. The number of ether oxygens (including phenoxy) is 1. The molecule has 1 saturated heterocycles. The molecule has 2 atom stereocenters. The highest BCUT2D eigenvalue weighted by Crippen LogP contribution is 2.21. The first kappa shape index (κ1) is 15.9. The lowest BCUT2D eigenvalue weighted by molar-refractivity contribution is 0.111. The summed E-state index contributed by atoms with van der Waals surface area (Å²) in [6, 6.07) is 0.541. The zero-order chi connectivity index (χ0) is 14.5. The van der Waals surface area contributed by atoms with E-state index in [2.05, 4.69) is 35.7 Å². The minimum absolute atomic E-state index is 0.541. The summed E-state index contributed by atoms with van der Waals surface area (Å²) in [5, 5.41) is 0. The molecule has 0 N–H and O–H groups in total. The van der Waals surface area contributed by atoms with Gasteiger partial charge in [0, 0.05) is 37.7 Å². The van der Waals surface area contributed by atoms with Crippen molar-refractivity contribution in [2.75, 3.05) is 40.4 Å². The fourth-order valence-electron chi connectivity index (χ4n) is 2.99. The Morgan fingerprint density at radius 2 is 2.40 bits per heavy atom. The third-order valence-corrected chi connectivity index (χ3v) is 5.10. The Hall–Kier alpha value is -0.490. The molecule has 1 aliphatic rings. The molecule has 5 heteroatoms. The van der Waals surface area contributed by atoms with E-state index < -0.39 is 0 Å². The summed E-state index contributed by atoms with van der Waals surface area (Å²) in [5.41, 5.74) is 3.13. The summed E-state index contributed by atoms with van der Waals surface area (Å²) in [7, 11) is 4.01. The van der Waals surface area contributed by atoms with Crippen LogP contribution >= 0.6 is 11.3 Å². The molecule has 0 spiro atoms. The summed E-state index contributed by atoms with van der Waals surface area (Å²) in [5.74, 6) is 0.785. The van der Waals surface area contributed by atoms with E-state index in [0.29, 0.717) is 6.04 Å². The molecule has 114 valence electrons. The summed E-state index contributed by atoms with van der Waals surface area (Å²) < 4.78 is 5.26. The van der Waals surface area contributed by atoms with Gasteiger partial charge in [-0.15, -0.1) is 11.3 Å².